The van der Waals surface area contributed by atoms with Crippen molar-refractivity contribution in [2.24, 2.45) is 5.41 Å². The van der Waals surface area contributed by atoms with Crippen molar-refractivity contribution in [3.8, 4) is 5.75 Å². The molecule has 2 aromatic carbocycles. The van der Waals surface area contributed by atoms with Gasteiger partial charge in [-0.05, 0) is 49.2 Å². The minimum Gasteiger partial charge on any atom is -0.497 e. The van der Waals surface area contributed by atoms with Crippen LogP contribution in [0.25, 0.3) is 10.9 Å². The van der Waals surface area contributed by atoms with E-state index >= 15 is 0 Å². The average Bonchev–Trinajstić information content (AvgIpc) is 3.41. The van der Waals surface area contributed by atoms with Gasteiger partial charge in [0, 0.05) is 41.2 Å². The summed E-state index contributed by atoms with van der Waals surface area (Å²) in [6.07, 6.45) is 2.42. The van der Waals surface area contributed by atoms with Crippen LogP contribution in [0.4, 0.5) is 5.69 Å². The second-order valence-corrected chi connectivity index (χ2v) is 9.13. The Bertz CT molecular complexity index is 1120. The van der Waals surface area contributed by atoms with Crippen LogP contribution >= 0.6 is 0 Å². The SMILES string of the molecule is COc1ccc2c(C(=O)c3ccc(N4CCCC4)cc3)nn(CC(=O)C(C)(C)C)c2c1. The summed E-state index contributed by atoms with van der Waals surface area (Å²) in [5, 5.41) is 5.29. The molecule has 31 heavy (non-hydrogen) atoms. The van der Waals surface area contributed by atoms with E-state index in [2.05, 4.69) is 10.00 Å². The van der Waals surface area contributed by atoms with Crippen molar-refractivity contribution < 1.29 is 14.3 Å². The van der Waals surface area contributed by atoms with Crippen LogP contribution < -0.4 is 9.64 Å². The van der Waals surface area contributed by atoms with E-state index in [9.17, 15) is 9.59 Å². The number of nitrogens with zero attached hydrogens (tertiary/aromatic N) is 3. The summed E-state index contributed by atoms with van der Waals surface area (Å²) in [7, 11) is 1.59. The molecule has 6 heteroatoms. The standard InChI is InChI=1S/C25H29N3O3/c1-25(2,3)22(29)16-28-21-15-19(31-4)11-12-20(21)23(26-28)24(30)17-7-9-18(10-8-17)27-13-5-6-14-27/h7-12,15H,5-6,13-14,16H2,1-4H3. The first-order chi connectivity index (χ1) is 14.8. The number of anilines is 1. The highest BCUT2D eigenvalue weighted by molar-refractivity contribution is 6.15. The van der Waals surface area contributed by atoms with Gasteiger partial charge in [0.15, 0.2) is 5.78 Å². The van der Waals surface area contributed by atoms with E-state index in [0.717, 1.165) is 24.2 Å². The molecular weight excluding hydrogens is 390 g/mol. The van der Waals surface area contributed by atoms with Gasteiger partial charge in [-0.25, -0.2) is 0 Å². The quantitative estimate of drug-likeness (QED) is 0.551. The lowest BCUT2D eigenvalue weighted by Gasteiger charge is -2.17. The first-order valence-corrected chi connectivity index (χ1v) is 10.8. The second kappa shape index (κ2) is 8.17. The fourth-order valence-corrected chi connectivity index (χ4v) is 3.88. The van der Waals surface area contributed by atoms with Gasteiger partial charge in [-0.3, -0.25) is 14.3 Å². The van der Waals surface area contributed by atoms with E-state index in [0.29, 0.717) is 22.5 Å². The summed E-state index contributed by atoms with van der Waals surface area (Å²) in [5.41, 5.74) is 2.31. The van der Waals surface area contributed by atoms with Crippen molar-refractivity contribution in [1.82, 2.24) is 9.78 Å². The molecule has 3 aromatic rings. The molecule has 1 fully saturated rings. The maximum Gasteiger partial charge on any atom is 0.213 e. The Morgan fingerprint density at radius 3 is 2.32 bits per heavy atom. The Morgan fingerprint density at radius 1 is 1.03 bits per heavy atom. The minimum atomic E-state index is -0.493. The zero-order valence-corrected chi connectivity index (χ0v) is 18.6. The highest BCUT2D eigenvalue weighted by Crippen LogP contribution is 2.28. The molecule has 0 atom stereocenters. The Labute approximate surface area is 182 Å². The van der Waals surface area contributed by atoms with Crippen LogP contribution in [0.5, 0.6) is 5.75 Å². The Balaban J connectivity index is 1.70. The topological polar surface area (TPSA) is 64.4 Å². The largest absolute Gasteiger partial charge is 0.497 e. The number of Topliss-reactive ketones (excluding diaryl/α,β-unsaturated/α-hetero) is 1. The fraction of sp³-hybridized carbons (Fsp3) is 0.400. The third kappa shape index (κ3) is 4.20. The summed E-state index contributed by atoms with van der Waals surface area (Å²) in [4.78, 5) is 28.3. The van der Waals surface area contributed by atoms with Gasteiger partial charge in [-0.1, -0.05) is 20.8 Å². The van der Waals surface area contributed by atoms with E-state index in [1.54, 1.807) is 11.8 Å². The fourth-order valence-electron chi connectivity index (χ4n) is 3.88. The molecule has 0 N–H and O–H groups in total. The van der Waals surface area contributed by atoms with Gasteiger partial charge in [-0.2, -0.15) is 5.10 Å². The molecule has 0 bridgehead atoms. The van der Waals surface area contributed by atoms with Crippen LogP contribution in [-0.4, -0.2) is 41.5 Å². The average molecular weight is 420 g/mol. The first kappa shape index (κ1) is 21.1. The second-order valence-electron chi connectivity index (χ2n) is 9.13. The molecule has 0 radical (unpaired) electrons. The van der Waals surface area contributed by atoms with Gasteiger partial charge in [0.25, 0.3) is 0 Å². The van der Waals surface area contributed by atoms with Crippen LogP contribution in [-0.2, 0) is 11.3 Å². The molecule has 0 saturated carbocycles. The number of fused-ring (bicyclic) bond motifs is 1. The molecule has 6 nitrogen and oxygen atoms in total. The number of benzene rings is 2. The maximum atomic E-state index is 13.3. The van der Waals surface area contributed by atoms with Gasteiger partial charge in [-0.15, -0.1) is 0 Å². The Hall–Kier alpha value is -3.15. The maximum absolute atomic E-state index is 13.3. The smallest absolute Gasteiger partial charge is 0.213 e. The molecule has 4 rings (SSSR count). The van der Waals surface area contributed by atoms with E-state index in [1.165, 1.54) is 12.8 Å². The molecule has 0 unspecified atom stereocenters. The molecule has 1 aliphatic rings. The third-order valence-corrected chi connectivity index (χ3v) is 5.90. The number of hydrogen-bond acceptors (Lipinski definition) is 5. The molecule has 0 amide bonds. The molecule has 0 spiro atoms. The molecule has 1 aliphatic heterocycles. The number of hydrogen-bond donors (Lipinski definition) is 0. The predicted octanol–water partition coefficient (Wildman–Crippen LogP) is 4.49. The summed E-state index contributed by atoms with van der Waals surface area (Å²) in [5.74, 6) is 0.560. The Kier molecular flexibility index (Phi) is 5.56. The van der Waals surface area contributed by atoms with Crippen molar-refractivity contribution in [1.29, 1.82) is 0 Å². The van der Waals surface area contributed by atoms with Gasteiger partial charge < -0.3 is 9.64 Å². The number of rotatable bonds is 6. The lowest BCUT2D eigenvalue weighted by molar-refractivity contribution is -0.127. The molecule has 1 saturated heterocycles. The third-order valence-electron chi connectivity index (χ3n) is 5.90. The van der Waals surface area contributed by atoms with E-state index in [1.807, 2.05) is 63.2 Å². The Morgan fingerprint density at radius 2 is 1.71 bits per heavy atom. The molecule has 2 heterocycles. The van der Waals surface area contributed by atoms with Crippen molar-refractivity contribution in [3.05, 3.63) is 53.7 Å². The molecule has 0 aliphatic carbocycles. The lowest BCUT2D eigenvalue weighted by Crippen LogP contribution is -2.25. The molecule has 162 valence electrons. The van der Waals surface area contributed by atoms with Gasteiger partial charge >= 0.3 is 0 Å². The summed E-state index contributed by atoms with van der Waals surface area (Å²) in [6.45, 7) is 7.88. The highest BCUT2D eigenvalue weighted by atomic mass is 16.5. The highest BCUT2D eigenvalue weighted by Gasteiger charge is 2.25. The predicted molar refractivity (Wildman–Crippen MR) is 122 cm³/mol. The number of methoxy groups -OCH3 is 1. The number of aromatic nitrogens is 2. The summed E-state index contributed by atoms with van der Waals surface area (Å²) < 4.78 is 6.97. The van der Waals surface area contributed by atoms with Gasteiger partial charge in [0.2, 0.25) is 5.78 Å². The van der Waals surface area contributed by atoms with Crippen molar-refractivity contribution in [3.63, 3.8) is 0 Å². The first-order valence-electron chi connectivity index (χ1n) is 10.8. The molecular formula is C25H29N3O3. The van der Waals surface area contributed by atoms with E-state index < -0.39 is 5.41 Å². The van der Waals surface area contributed by atoms with Crippen molar-refractivity contribution in [2.45, 2.75) is 40.2 Å². The zero-order chi connectivity index (χ0) is 22.2. The molecule has 1 aromatic heterocycles. The number of ether oxygens (including phenoxy) is 1. The minimum absolute atomic E-state index is 0.0497. The zero-order valence-electron chi connectivity index (χ0n) is 18.6. The summed E-state index contributed by atoms with van der Waals surface area (Å²) >= 11 is 0. The van der Waals surface area contributed by atoms with Gasteiger partial charge in [0.1, 0.15) is 18.0 Å². The number of carbonyl (C=O) groups excluding carboxylic acids is 2. The van der Waals surface area contributed by atoms with Crippen LogP contribution in [0.3, 0.4) is 0 Å². The van der Waals surface area contributed by atoms with E-state index in [4.69, 9.17) is 4.74 Å². The monoisotopic (exact) mass is 419 g/mol. The van der Waals surface area contributed by atoms with Crippen LogP contribution in [0.15, 0.2) is 42.5 Å². The lowest BCUT2D eigenvalue weighted by atomic mass is 9.91. The normalized spacial score (nSPS) is 14.3. The summed E-state index contributed by atoms with van der Waals surface area (Å²) in [6, 6.07) is 13.2. The van der Waals surface area contributed by atoms with Crippen molar-refractivity contribution in [2.75, 3.05) is 25.1 Å². The number of carbonyl (C=O) groups is 2. The van der Waals surface area contributed by atoms with Gasteiger partial charge in [0.05, 0.1) is 12.6 Å². The van der Waals surface area contributed by atoms with Crippen molar-refractivity contribution >= 4 is 28.2 Å². The van der Waals surface area contributed by atoms with Crippen LogP contribution in [0.1, 0.15) is 49.7 Å². The van der Waals surface area contributed by atoms with E-state index in [-0.39, 0.29) is 18.1 Å². The number of ketones is 2. The van der Waals surface area contributed by atoms with Crippen LogP contribution in [0.2, 0.25) is 0 Å². The van der Waals surface area contributed by atoms with Crippen LogP contribution in [0, 0.1) is 5.41 Å².